The number of benzene rings is 1. The first-order chi connectivity index (χ1) is 13.1. The van der Waals surface area contributed by atoms with E-state index in [2.05, 4.69) is 20.8 Å². The molecule has 0 radical (unpaired) electrons. The monoisotopic (exact) mass is 390 g/mol. The van der Waals surface area contributed by atoms with E-state index >= 15 is 0 Å². The van der Waals surface area contributed by atoms with Crippen LogP contribution >= 0.6 is 11.6 Å². The Bertz CT molecular complexity index is 823. The maximum Gasteiger partial charge on any atom is 0.337 e. The van der Waals surface area contributed by atoms with Crippen LogP contribution in [0.15, 0.2) is 30.3 Å². The number of halogens is 1. The number of methoxy groups -OCH3 is 1. The highest BCUT2D eigenvalue weighted by Gasteiger charge is 2.17. The molecule has 8 nitrogen and oxygen atoms in total. The highest BCUT2D eigenvalue weighted by molar-refractivity contribution is 6.33. The fourth-order valence-electron chi connectivity index (χ4n) is 2.63. The highest BCUT2D eigenvalue weighted by atomic mass is 35.5. The second kappa shape index (κ2) is 8.79. The van der Waals surface area contributed by atoms with E-state index in [-0.39, 0.29) is 17.7 Å². The van der Waals surface area contributed by atoms with E-state index in [9.17, 15) is 9.59 Å². The molecule has 2 heterocycles. The molecular weight excluding hydrogens is 372 g/mol. The summed E-state index contributed by atoms with van der Waals surface area (Å²) in [5.41, 5.74) is 1.03. The van der Waals surface area contributed by atoms with Gasteiger partial charge in [-0.2, -0.15) is 0 Å². The standard InChI is InChI=1S/C18H19ClN4O4/c1-26-18(25)11-4-5-13(19)15(9-11)21-16-7-6-14(22-23-16)17(24)20-10-12-3-2-8-27-12/h4-7,9,12H,2-3,8,10H2,1H3,(H,20,24)(H,21,23). The lowest BCUT2D eigenvalue weighted by Gasteiger charge is -2.11. The Balaban J connectivity index is 1.63. The normalized spacial score (nSPS) is 16.0. The number of aromatic nitrogens is 2. The quantitative estimate of drug-likeness (QED) is 0.730. The predicted octanol–water partition coefficient (Wildman–Crippen LogP) is 2.57. The van der Waals surface area contributed by atoms with Gasteiger partial charge in [0, 0.05) is 13.2 Å². The molecule has 3 rings (SSSR count). The average Bonchev–Trinajstić information content (AvgIpc) is 3.21. The number of rotatable bonds is 6. The highest BCUT2D eigenvalue weighted by Crippen LogP contribution is 2.26. The first-order valence-corrected chi connectivity index (χ1v) is 8.83. The second-order valence-electron chi connectivity index (χ2n) is 5.96. The van der Waals surface area contributed by atoms with Gasteiger partial charge in [-0.15, -0.1) is 10.2 Å². The van der Waals surface area contributed by atoms with Crippen molar-refractivity contribution in [2.75, 3.05) is 25.6 Å². The fourth-order valence-corrected chi connectivity index (χ4v) is 2.79. The summed E-state index contributed by atoms with van der Waals surface area (Å²) in [5, 5.41) is 14.1. The minimum absolute atomic E-state index is 0.0621. The van der Waals surface area contributed by atoms with Crippen LogP contribution in [-0.2, 0) is 9.47 Å². The van der Waals surface area contributed by atoms with Crippen molar-refractivity contribution in [1.29, 1.82) is 0 Å². The predicted molar refractivity (Wildman–Crippen MR) is 99.4 cm³/mol. The zero-order valence-corrected chi connectivity index (χ0v) is 15.5. The smallest absolute Gasteiger partial charge is 0.337 e. The van der Waals surface area contributed by atoms with E-state index in [1.54, 1.807) is 30.3 Å². The van der Waals surface area contributed by atoms with Crippen molar-refractivity contribution in [2.45, 2.75) is 18.9 Å². The summed E-state index contributed by atoms with van der Waals surface area (Å²) in [4.78, 5) is 23.7. The molecule has 0 bridgehead atoms. The van der Waals surface area contributed by atoms with Gasteiger partial charge < -0.3 is 20.1 Å². The molecule has 1 atom stereocenters. The number of anilines is 2. The summed E-state index contributed by atoms with van der Waals surface area (Å²) in [7, 11) is 1.30. The third kappa shape index (κ3) is 4.93. The minimum atomic E-state index is -0.473. The van der Waals surface area contributed by atoms with Crippen LogP contribution < -0.4 is 10.6 Å². The van der Waals surface area contributed by atoms with Crippen LogP contribution in [0.3, 0.4) is 0 Å². The Kier molecular flexibility index (Phi) is 6.20. The Hall–Kier alpha value is -2.71. The van der Waals surface area contributed by atoms with E-state index in [0.29, 0.717) is 28.6 Å². The first kappa shape index (κ1) is 19.1. The molecule has 9 heteroatoms. The third-order valence-corrected chi connectivity index (χ3v) is 4.39. The molecule has 1 saturated heterocycles. The van der Waals surface area contributed by atoms with Crippen molar-refractivity contribution < 1.29 is 19.1 Å². The van der Waals surface area contributed by atoms with Gasteiger partial charge in [-0.05, 0) is 43.2 Å². The van der Waals surface area contributed by atoms with Gasteiger partial charge in [-0.3, -0.25) is 4.79 Å². The maximum atomic E-state index is 12.1. The van der Waals surface area contributed by atoms with E-state index in [1.807, 2.05) is 0 Å². The van der Waals surface area contributed by atoms with Crippen molar-refractivity contribution in [3.63, 3.8) is 0 Å². The Morgan fingerprint density at radius 2 is 2.15 bits per heavy atom. The summed E-state index contributed by atoms with van der Waals surface area (Å²) in [6.45, 7) is 1.19. The molecule has 2 N–H and O–H groups in total. The zero-order valence-electron chi connectivity index (χ0n) is 14.7. The molecule has 1 aliphatic rings. The van der Waals surface area contributed by atoms with Gasteiger partial charge in [0.15, 0.2) is 11.5 Å². The van der Waals surface area contributed by atoms with Crippen LogP contribution in [0.4, 0.5) is 11.5 Å². The van der Waals surface area contributed by atoms with Crippen molar-refractivity contribution >= 4 is 35.0 Å². The first-order valence-electron chi connectivity index (χ1n) is 8.45. The number of carbonyl (C=O) groups is 2. The number of hydrogen-bond donors (Lipinski definition) is 2. The number of ether oxygens (including phenoxy) is 2. The van der Waals surface area contributed by atoms with Gasteiger partial charge in [0.2, 0.25) is 0 Å². The summed E-state index contributed by atoms with van der Waals surface area (Å²) in [6, 6.07) is 7.86. The minimum Gasteiger partial charge on any atom is -0.465 e. The molecule has 27 heavy (non-hydrogen) atoms. The van der Waals surface area contributed by atoms with Gasteiger partial charge in [-0.25, -0.2) is 4.79 Å². The summed E-state index contributed by atoms with van der Waals surface area (Å²) < 4.78 is 10.2. The van der Waals surface area contributed by atoms with Crippen LogP contribution in [-0.4, -0.2) is 48.4 Å². The molecule has 0 saturated carbocycles. The molecule has 1 fully saturated rings. The molecule has 142 valence electrons. The molecule has 0 aliphatic carbocycles. The second-order valence-corrected chi connectivity index (χ2v) is 6.37. The number of amides is 1. The van der Waals surface area contributed by atoms with Crippen molar-refractivity contribution in [2.24, 2.45) is 0 Å². The lowest BCUT2D eigenvalue weighted by atomic mass is 10.2. The zero-order chi connectivity index (χ0) is 19.2. The summed E-state index contributed by atoms with van der Waals surface area (Å²) in [5.74, 6) is -0.399. The van der Waals surface area contributed by atoms with Crippen LogP contribution in [0.25, 0.3) is 0 Å². The molecule has 1 aromatic carbocycles. The Morgan fingerprint density at radius 1 is 1.30 bits per heavy atom. The SMILES string of the molecule is COC(=O)c1ccc(Cl)c(Nc2ccc(C(=O)NCC3CCCO3)nn2)c1. The topological polar surface area (TPSA) is 102 Å². The number of nitrogens with one attached hydrogen (secondary N) is 2. The van der Waals surface area contributed by atoms with Crippen LogP contribution in [0.2, 0.25) is 5.02 Å². The molecule has 1 aromatic heterocycles. The van der Waals surface area contributed by atoms with Crippen LogP contribution in [0.5, 0.6) is 0 Å². The van der Waals surface area contributed by atoms with Gasteiger partial charge in [0.25, 0.3) is 5.91 Å². The van der Waals surface area contributed by atoms with Gasteiger partial charge in [0.1, 0.15) is 0 Å². The maximum absolute atomic E-state index is 12.1. The average molecular weight is 391 g/mol. The largest absolute Gasteiger partial charge is 0.465 e. The lowest BCUT2D eigenvalue weighted by Crippen LogP contribution is -2.32. The lowest BCUT2D eigenvalue weighted by molar-refractivity contribution is 0.0600. The van der Waals surface area contributed by atoms with Crippen LogP contribution in [0.1, 0.15) is 33.7 Å². The molecule has 1 unspecified atom stereocenters. The Labute approximate surface area is 161 Å². The molecule has 0 spiro atoms. The number of esters is 1. The van der Waals surface area contributed by atoms with E-state index in [0.717, 1.165) is 19.4 Å². The molecule has 1 aliphatic heterocycles. The Morgan fingerprint density at radius 3 is 2.81 bits per heavy atom. The fraction of sp³-hybridized carbons (Fsp3) is 0.333. The number of carbonyl (C=O) groups excluding carboxylic acids is 2. The van der Waals surface area contributed by atoms with Crippen molar-refractivity contribution in [3.05, 3.63) is 46.6 Å². The van der Waals surface area contributed by atoms with E-state index < -0.39 is 5.97 Å². The van der Waals surface area contributed by atoms with Gasteiger partial charge in [-0.1, -0.05) is 11.6 Å². The van der Waals surface area contributed by atoms with E-state index in [1.165, 1.54) is 7.11 Å². The summed E-state index contributed by atoms with van der Waals surface area (Å²) >= 11 is 6.14. The van der Waals surface area contributed by atoms with Crippen molar-refractivity contribution in [1.82, 2.24) is 15.5 Å². The van der Waals surface area contributed by atoms with Crippen LogP contribution in [0, 0.1) is 0 Å². The molecular formula is C18H19ClN4O4. The third-order valence-electron chi connectivity index (χ3n) is 4.06. The van der Waals surface area contributed by atoms with Gasteiger partial charge in [0.05, 0.1) is 29.5 Å². The van der Waals surface area contributed by atoms with Gasteiger partial charge >= 0.3 is 5.97 Å². The number of hydrogen-bond acceptors (Lipinski definition) is 7. The number of nitrogens with zero attached hydrogens (tertiary/aromatic N) is 2. The van der Waals surface area contributed by atoms with E-state index in [4.69, 9.17) is 21.1 Å². The van der Waals surface area contributed by atoms with Crippen molar-refractivity contribution in [3.8, 4) is 0 Å². The molecule has 1 amide bonds. The summed E-state index contributed by atoms with van der Waals surface area (Å²) in [6.07, 6.45) is 2.02. The molecule has 2 aromatic rings.